The van der Waals surface area contributed by atoms with Crippen molar-refractivity contribution in [1.82, 2.24) is 0 Å². The number of carbonyl (C=O) groups is 2. The molecular weight excluding hydrogens is 328 g/mol. The molecule has 0 atom stereocenters. The second kappa shape index (κ2) is 7.36. The average molecular weight is 347 g/mol. The number of carbonyl (C=O) groups excluding carboxylic acids is 2. The highest BCUT2D eigenvalue weighted by Crippen LogP contribution is 2.28. The molecule has 0 fully saturated rings. The molecular formula is C18H19ClN2O3. The van der Waals surface area contributed by atoms with Gasteiger partial charge < -0.3 is 15.4 Å². The van der Waals surface area contributed by atoms with Gasteiger partial charge in [0, 0.05) is 10.7 Å². The van der Waals surface area contributed by atoms with Crippen molar-refractivity contribution in [2.75, 3.05) is 17.7 Å². The smallest absolute Gasteiger partial charge is 0.314 e. The SMILES string of the molecule is COc1ccc(Cl)cc1NC(=O)C(=O)Nc1c(C)cc(C)cc1C. The number of nitrogens with one attached hydrogen (secondary N) is 2. The van der Waals surface area contributed by atoms with E-state index in [1.165, 1.54) is 13.2 Å². The lowest BCUT2D eigenvalue weighted by molar-refractivity contribution is -0.133. The zero-order valence-corrected chi connectivity index (χ0v) is 14.7. The summed E-state index contributed by atoms with van der Waals surface area (Å²) in [4.78, 5) is 24.4. The molecule has 24 heavy (non-hydrogen) atoms. The third-order valence-corrected chi connectivity index (χ3v) is 3.77. The first-order valence-corrected chi connectivity index (χ1v) is 7.73. The molecule has 6 heteroatoms. The molecule has 0 heterocycles. The van der Waals surface area contributed by atoms with Gasteiger partial charge in [0.25, 0.3) is 0 Å². The van der Waals surface area contributed by atoms with E-state index in [0.717, 1.165) is 16.7 Å². The van der Waals surface area contributed by atoms with Crippen LogP contribution in [-0.2, 0) is 9.59 Å². The minimum Gasteiger partial charge on any atom is -0.495 e. The molecule has 0 saturated heterocycles. The van der Waals surface area contributed by atoms with Gasteiger partial charge in [-0.05, 0) is 50.1 Å². The average Bonchev–Trinajstić information content (AvgIpc) is 2.50. The van der Waals surface area contributed by atoms with Crippen LogP contribution in [0, 0.1) is 20.8 Å². The van der Waals surface area contributed by atoms with Crippen molar-refractivity contribution in [3.63, 3.8) is 0 Å². The van der Waals surface area contributed by atoms with Crippen LogP contribution in [-0.4, -0.2) is 18.9 Å². The van der Waals surface area contributed by atoms with Gasteiger partial charge in [-0.2, -0.15) is 0 Å². The van der Waals surface area contributed by atoms with Crippen LogP contribution < -0.4 is 15.4 Å². The van der Waals surface area contributed by atoms with Crippen molar-refractivity contribution in [2.24, 2.45) is 0 Å². The van der Waals surface area contributed by atoms with E-state index in [1.54, 1.807) is 12.1 Å². The van der Waals surface area contributed by atoms with E-state index >= 15 is 0 Å². The summed E-state index contributed by atoms with van der Waals surface area (Å²) in [5.41, 5.74) is 3.86. The summed E-state index contributed by atoms with van der Waals surface area (Å²) in [7, 11) is 1.47. The molecule has 2 rings (SSSR count). The van der Waals surface area contributed by atoms with Gasteiger partial charge in [-0.25, -0.2) is 0 Å². The van der Waals surface area contributed by atoms with Crippen molar-refractivity contribution in [3.8, 4) is 5.75 Å². The number of aryl methyl sites for hydroxylation is 3. The van der Waals surface area contributed by atoms with Crippen LogP contribution in [0.1, 0.15) is 16.7 Å². The van der Waals surface area contributed by atoms with Crippen LogP contribution in [0.15, 0.2) is 30.3 Å². The molecule has 0 spiro atoms. The Balaban J connectivity index is 2.17. The molecule has 0 bridgehead atoms. The first kappa shape index (κ1) is 17.8. The van der Waals surface area contributed by atoms with Gasteiger partial charge >= 0.3 is 11.8 Å². The second-order valence-corrected chi connectivity index (χ2v) is 5.96. The first-order valence-electron chi connectivity index (χ1n) is 7.35. The van der Waals surface area contributed by atoms with E-state index in [1.807, 2.05) is 32.9 Å². The van der Waals surface area contributed by atoms with Crippen molar-refractivity contribution >= 4 is 34.8 Å². The number of benzene rings is 2. The molecule has 2 N–H and O–H groups in total. The topological polar surface area (TPSA) is 67.4 Å². The predicted molar refractivity (Wildman–Crippen MR) is 95.9 cm³/mol. The largest absolute Gasteiger partial charge is 0.495 e. The van der Waals surface area contributed by atoms with E-state index < -0.39 is 11.8 Å². The Bertz CT molecular complexity index is 780. The maximum atomic E-state index is 12.2. The van der Waals surface area contributed by atoms with Gasteiger partial charge in [0.1, 0.15) is 5.75 Å². The third-order valence-electron chi connectivity index (χ3n) is 3.53. The lowest BCUT2D eigenvalue weighted by Crippen LogP contribution is -2.29. The molecule has 0 aromatic heterocycles. The molecule has 5 nitrogen and oxygen atoms in total. The summed E-state index contributed by atoms with van der Waals surface area (Å²) in [5, 5.41) is 5.59. The van der Waals surface area contributed by atoms with Gasteiger partial charge in [-0.15, -0.1) is 0 Å². The normalized spacial score (nSPS) is 10.2. The summed E-state index contributed by atoms with van der Waals surface area (Å²) in [5.74, 6) is -1.13. The summed E-state index contributed by atoms with van der Waals surface area (Å²) < 4.78 is 5.15. The number of anilines is 2. The third kappa shape index (κ3) is 4.06. The molecule has 2 amide bonds. The molecule has 0 aliphatic heterocycles. The summed E-state index contributed by atoms with van der Waals surface area (Å²) in [6.45, 7) is 5.74. The lowest BCUT2D eigenvalue weighted by Gasteiger charge is -2.14. The van der Waals surface area contributed by atoms with Crippen LogP contribution in [0.5, 0.6) is 5.75 Å². The van der Waals surface area contributed by atoms with E-state index in [4.69, 9.17) is 16.3 Å². The van der Waals surface area contributed by atoms with E-state index in [-0.39, 0.29) is 0 Å². The summed E-state index contributed by atoms with van der Waals surface area (Å²) in [6, 6.07) is 8.66. The minimum atomic E-state index is -0.796. The molecule has 2 aromatic rings. The Labute approximate surface area is 146 Å². The fourth-order valence-electron chi connectivity index (χ4n) is 2.50. The van der Waals surface area contributed by atoms with Gasteiger partial charge in [-0.1, -0.05) is 29.3 Å². The Hall–Kier alpha value is -2.53. The van der Waals surface area contributed by atoms with Gasteiger partial charge in [0.15, 0.2) is 0 Å². The maximum absolute atomic E-state index is 12.2. The van der Waals surface area contributed by atoms with Crippen LogP contribution in [0.2, 0.25) is 5.02 Å². The van der Waals surface area contributed by atoms with Crippen LogP contribution in [0.3, 0.4) is 0 Å². The molecule has 126 valence electrons. The number of ether oxygens (including phenoxy) is 1. The van der Waals surface area contributed by atoms with Gasteiger partial charge in [-0.3, -0.25) is 9.59 Å². The summed E-state index contributed by atoms with van der Waals surface area (Å²) >= 11 is 5.92. The highest BCUT2D eigenvalue weighted by atomic mass is 35.5. The van der Waals surface area contributed by atoms with Crippen molar-refractivity contribution in [3.05, 3.63) is 52.0 Å². The van der Waals surface area contributed by atoms with Crippen LogP contribution in [0.25, 0.3) is 0 Å². The van der Waals surface area contributed by atoms with Crippen molar-refractivity contribution in [2.45, 2.75) is 20.8 Å². The van der Waals surface area contributed by atoms with Crippen LogP contribution >= 0.6 is 11.6 Å². The summed E-state index contributed by atoms with van der Waals surface area (Å²) in [6.07, 6.45) is 0. The fraction of sp³-hybridized carbons (Fsp3) is 0.222. The van der Waals surface area contributed by atoms with Gasteiger partial charge in [0.05, 0.1) is 12.8 Å². The zero-order valence-electron chi connectivity index (χ0n) is 14.0. The molecule has 0 aliphatic carbocycles. The Morgan fingerprint density at radius 1 is 0.958 bits per heavy atom. The lowest BCUT2D eigenvalue weighted by atomic mass is 10.1. The number of methoxy groups -OCH3 is 1. The predicted octanol–water partition coefficient (Wildman–Crippen LogP) is 3.85. The molecule has 0 saturated carbocycles. The van der Waals surface area contributed by atoms with E-state index in [9.17, 15) is 9.59 Å². The highest BCUT2D eigenvalue weighted by Gasteiger charge is 2.18. The molecule has 0 radical (unpaired) electrons. The minimum absolute atomic E-state index is 0.336. The maximum Gasteiger partial charge on any atom is 0.314 e. The standard InChI is InChI=1S/C18H19ClN2O3/c1-10-7-11(2)16(12(3)8-10)21-18(23)17(22)20-14-9-13(19)5-6-15(14)24-4/h5-9H,1-4H3,(H,20,22)(H,21,23). The Morgan fingerprint density at radius 3 is 2.12 bits per heavy atom. The van der Waals surface area contributed by atoms with Crippen LogP contribution in [0.4, 0.5) is 11.4 Å². The first-order chi connectivity index (χ1) is 11.3. The number of halogens is 1. The zero-order chi connectivity index (χ0) is 17.9. The highest BCUT2D eigenvalue weighted by molar-refractivity contribution is 6.44. The van der Waals surface area contributed by atoms with Crippen molar-refractivity contribution in [1.29, 1.82) is 0 Å². The Morgan fingerprint density at radius 2 is 1.54 bits per heavy atom. The molecule has 2 aromatic carbocycles. The molecule has 0 aliphatic rings. The number of rotatable bonds is 3. The number of hydrogen-bond acceptors (Lipinski definition) is 3. The number of hydrogen-bond donors (Lipinski definition) is 2. The monoisotopic (exact) mass is 346 g/mol. The fourth-order valence-corrected chi connectivity index (χ4v) is 2.68. The Kier molecular flexibility index (Phi) is 5.46. The van der Waals surface area contributed by atoms with E-state index in [2.05, 4.69) is 10.6 Å². The van der Waals surface area contributed by atoms with Gasteiger partial charge in [0.2, 0.25) is 0 Å². The number of amides is 2. The molecule has 0 unspecified atom stereocenters. The quantitative estimate of drug-likeness (QED) is 0.829. The second-order valence-electron chi connectivity index (χ2n) is 5.53. The van der Waals surface area contributed by atoms with E-state index in [0.29, 0.717) is 22.1 Å². The van der Waals surface area contributed by atoms with Crippen molar-refractivity contribution < 1.29 is 14.3 Å².